The zero-order valence-electron chi connectivity index (χ0n) is 16.6. The van der Waals surface area contributed by atoms with Crippen LogP contribution in [0.4, 0.5) is 0 Å². The lowest BCUT2D eigenvalue weighted by atomic mass is 9.89. The number of rotatable bonds is 3. The van der Waals surface area contributed by atoms with Gasteiger partial charge in [0.05, 0.1) is 12.2 Å². The third kappa shape index (κ3) is 3.20. The third-order valence-corrected chi connectivity index (χ3v) is 5.81. The molecular formula is C22H24N4O3. The molecule has 0 fully saturated rings. The minimum Gasteiger partial charge on any atom is -0.486 e. The van der Waals surface area contributed by atoms with E-state index in [1.807, 2.05) is 35.8 Å². The summed E-state index contributed by atoms with van der Waals surface area (Å²) < 4.78 is 13.1. The maximum atomic E-state index is 13.0. The summed E-state index contributed by atoms with van der Waals surface area (Å²) in [7, 11) is 0. The van der Waals surface area contributed by atoms with Crippen LogP contribution in [-0.2, 0) is 12.8 Å². The molecule has 2 atom stereocenters. The molecule has 3 aromatic rings. The van der Waals surface area contributed by atoms with Crippen molar-refractivity contribution in [2.45, 2.75) is 39.2 Å². The third-order valence-electron chi connectivity index (χ3n) is 5.81. The standard InChI is InChI=1S/C22H24N4O3/c1-13-3-5-18-16(9-13)11-23-21-17(12-24-26(18)21)22(27)25-14(2)15-4-6-19-20(10-15)29-8-7-28-19/h4,6,10-14H,3,5,7-9H2,1-2H3,(H,25,27)/t13-,14-/m1/s1. The van der Waals surface area contributed by atoms with Crippen molar-refractivity contribution in [1.29, 1.82) is 0 Å². The fourth-order valence-electron chi connectivity index (χ4n) is 4.16. The van der Waals surface area contributed by atoms with Gasteiger partial charge in [0.15, 0.2) is 17.1 Å². The first-order valence-electron chi connectivity index (χ1n) is 10.1. The summed E-state index contributed by atoms with van der Waals surface area (Å²) >= 11 is 0. The molecule has 1 amide bonds. The number of aryl methyl sites for hydroxylation is 1. The molecular weight excluding hydrogens is 368 g/mol. The number of hydrogen-bond donors (Lipinski definition) is 1. The molecule has 7 nitrogen and oxygen atoms in total. The molecule has 0 unspecified atom stereocenters. The first kappa shape index (κ1) is 18.0. The number of nitrogens with one attached hydrogen (secondary N) is 1. The van der Waals surface area contributed by atoms with Crippen LogP contribution in [0, 0.1) is 5.92 Å². The summed E-state index contributed by atoms with van der Waals surface area (Å²) in [4.78, 5) is 17.5. The van der Waals surface area contributed by atoms with E-state index in [9.17, 15) is 4.79 Å². The van der Waals surface area contributed by atoms with Crippen molar-refractivity contribution in [3.8, 4) is 11.5 Å². The first-order valence-corrected chi connectivity index (χ1v) is 10.1. The normalized spacial score (nSPS) is 18.9. The summed E-state index contributed by atoms with van der Waals surface area (Å²) in [5.74, 6) is 1.93. The van der Waals surface area contributed by atoms with E-state index in [4.69, 9.17) is 9.47 Å². The highest BCUT2D eigenvalue weighted by atomic mass is 16.6. The molecule has 2 aliphatic rings. The maximum absolute atomic E-state index is 13.0. The van der Waals surface area contributed by atoms with Gasteiger partial charge in [-0.15, -0.1) is 0 Å². The molecule has 0 saturated heterocycles. The van der Waals surface area contributed by atoms with Crippen molar-refractivity contribution >= 4 is 11.6 Å². The molecule has 7 heteroatoms. The Hall–Kier alpha value is -3.09. The number of ether oxygens (including phenoxy) is 2. The van der Waals surface area contributed by atoms with Gasteiger partial charge in [-0.05, 0) is 55.4 Å². The van der Waals surface area contributed by atoms with Crippen molar-refractivity contribution in [2.24, 2.45) is 5.92 Å². The molecule has 5 rings (SSSR count). The lowest BCUT2D eigenvalue weighted by Crippen LogP contribution is -2.27. The Balaban J connectivity index is 1.39. The van der Waals surface area contributed by atoms with E-state index < -0.39 is 0 Å². The van der Waals surface area contributed by atoms with E-state index in [1.165, 1.54) is 11.3 Å². The molecule has 0 radical (unpaired) electrons. The Morgan fingerprint density at radius 1 is 1.24 bits per heavy atom. The molecule has 0 spiro atoms. The van der Waals surface area contributed by atoms with Crippen molar-refractivity contribution in [2.75, 3.05) is 13.2 Å². The molecule has 1 aliphatic carbocycles. The number of carbonyl (C=O) groups excluding carboxylic acids is 1. The highest BCUT2D eigenvalue weighted by Gasteiger charge is 2.23. The second-order valence-corrected chi connectivity index (χ2v) is 7.97. The van der Waals surface area contributed by atoms with Crippen LogP contribution < -0.4 is 14.8 Å². The fraction of sp³-hybridized carbons (Fsp3) is 0.409. The molecule has 3 heterocycles. The minimum atomic E-state index is -0.188. The largest absolute Gasteiger partial charge is 0.486 e. The summed E-state index contributed by atoms with van der Waals surface area (Å²) in [5, 5.41) is 7.53. The van der Waals surface area contributed by atoms with Gasteiger partial charge in [-0.3, -0.25) is 4.79 Å². The second kappa shape index (κ2) is 7.06. The topological polar surface area (TPSA) is 77.8 Å². The van der Waals surface area contributed by atoms with Crippen LogP contribution >= 0.6 is 0 Å². The predicted molar refractivity (Wildman–Crippen MR) is 107 cm³/mol. The Kier molecular flexibility index (Phi) is 4.38. The first-order chi connectivity index (χ1) is 14.1. The predicted octanol–water partition coefficient (Wildman–Crippen LogP) is 3.12. The van der Waals surface area contributed by atoms with Crippen LogP contribution in [0.1, 0.15) is 53.5 Å². The summed E-state index contributed by atoms with van der Waals surface area (Å²) in [6.07, 6.45) is 6.64. The Bertz CT molecular complexity index is 1090. The van der Waals surface area contributed by atoms with Gasteiger partial charge in [0.25, 0.3) is 5.91 Å². The van der Waals surface area contributed by atoms with Crippen molar-refractivity contribution in [3.63, 3.8) is 0 Å². The number of fused-ring (bicyclic) bond motifs is 4. The van der Waals surface area contributed by atoms with Gasteiger partial charge in [-0.2, -0.15) is 5.10 Å². The number of carbonyl (C=O) groups is 1. The molecule has 1 aliphatic heterocycles. The second-order valence-electron chi connectivity index (χ2n) is 7.97. The van der Waals surface area contributed by atoms with Gasteiger partial charge in [0, 0.05) is 11.9 Å². The molecule has 0 saturated carbocycles. The van der Waals surface area contributed by atoms with Crippen LogP contribution in [0.25, 0.3) is 5.65 Å². The van der Waals surface area contributed by atoms with Gasteiger partial charge < -0.3 is 14.8 Å². The average Bonchev–Trinajstić information content (AvgIpc) is 3.17. The smallest absolute Gasteiger partial charge is 0.257 e. The Labute approximate surface area is 169 Å². The van der Waals surface area contributed by atoms with Crippen LogP contribution in [0.3, 0.4) is 0 Å². The SMILES string of the molecule is C[C@@H]1CCc2c(cnc3c(C(=O)N[C@H](C)c4ccc5c(c4)OCCO5)cnn23)C1. The van der Waals surface area contributed by atoms with Gasteiger partial charge in [-0.25, -0.2) is 9.50 Å². The Morgan fingerprint density at radius 2 is 2.07 bits per heavy atom. The van der Waals surface area contributed by atoms with E-state index in [0.717, 1.165) is 30.6 Å². The van der Waals surface area contributed by atoms with Crippen LogP contribution in [0.2, 0.25) is 0 Å². The summed E-state index contributed by atoms with van der Waals surface area (Å²) in [6.45, 7) is 5.30. The Morgan fingerprint density at radius 3 is 2.93 bits per heavy atom. The highest BCUT2D eigenvalue weighted by Crippen LogP contribution is 2.32. The van der Waals surface area contributed by atoms with Crippen molar-refractivity contribution in [1.82, 2.24) is 19.9 Å². The van der Waals surface area contributed by atoms with Crippen LogP contribution in [-0.4, -0.2) is 33.7 Å². The van der Waals surface area contributed by atoms with Crippen LogP contribution in [0.5, 0.6) is 11.5 Å². The summed E-state index contributed by atoms with van der Waals surface area (Å²) in [5.41, 5.74) is 4.47. The lowest BCUT2D eigenvalue weighted by Gasteiger charge is -2.21. The number of benzene rings is 1. The molecule has 0 bridgehead atoms. The van der Waals surface area contributed by atoms with Crippen LogP contribution in [0.15, 0.2) is 30.6 Å². The minimum absolute atomic E-state index is 0.181. The van der Waals surface area contributed by atoms with Crippen molar-refractivity contribution < 1.29 is 14.3 Å². The average molecular weight is 392 g/mol. The zero-order chi connectivity index (χ0) is 20.0. The van der Waals surface area contributed by atoms with E-state index >= 15 is 0 Å². The molecule has 29 heavy (non-hydrogen) atoms. The van der Waals surface area contributed by atoms with Gasteiger partial charge >= 0.3 is 0 Å². The maximum Gasteiger partial charge on any atom is 0.257 e. The lowest BCUT2D eigenvalue weighted by molar-refractivity contribution is 0.0941. The molecule has 150 valence electrons. The zero-order valence-corrected chi connectivity index (χ0v) is 16.6. The quantitative estimate of drug-likeness (QED) is 0.741. The van der Waals surface area contributed by atoms with E-state index in [1.54, 1.807) is 6.20 Å². The molecule has 1 aromatic carbocycles. The van der Waals surface area contributed by atoms with E-state index in [-0.39, 0.29) is 11.9 Å². The molecule has 2 aromatic heterocycles. The van der Waals surface area contributed by atoms with E-state index in [2.05, 4.69) is 22.3 Å². The monoisotopic (exact) mass is 392 g/mol. The number of nitrogens with zero attached hydrogens (tertiary/aromatic N) is 3. The van der Waals surface area contributed by atoms with Gasteiger partial charge in [0.2, 0.25) is 0 Å². The van der Waals surface area contributed by atoms with E-state index in [0.29, 0.717) is 36.1 Å². The molecule has 1 N–H and O–H groups in total. The number of aromatic nitrogens is 3. The van der Waals surface area contributed by atoms with Gasteiger partial charge in [0.1, 0.15) is 18.8 Å². The fourth-order valence-corrected chi connectivity index (χ4v) is 4.16. The van der Waals surface area contributed by atoms with Gasteiger partial charge in [-0.1, -0.05) is 13.0 Å². The summed E-state index contributed by atoms with van der Waals surface area (Å²) in [6, 6.07) is 5.57. The highest BCUT2D eigenvalue weighted by molar-refractivity contribution is 5.99. The number of hydrogen-bond acceptors (Lipinski definition) is 5. The van der Waals surface area contributed by atoms with Crippen molar-refractivity contribution in [3.05, 3.63) is 53.0 Å². The number of amides is 1.